The molecule has 12 heteroatoms. The number of tetrazole rings is 1. The Morgan fingerprint density at radius 2 is 1.68 bits per heavy atom. The van der Waals surface area contributed by atoms with Crippen LogP contribution in [0.2, 0.25) is 0 Å². The first-order valence-electron chi connectivity index (χ1n) is 15.4. The van der Waals surface area contributed by atoms with Gasteiger partial charge in [0.25, 0.3) is 0 Å². The average Bonchev–Trinajstić information content (AvgIpc) is 3.59. The molecule has 5 aromatic rings. The second-order valence-electron chi connectivity index (χ2n) is 11.0. The number of aromatic hydroxyl groups is 1. The van der Waals surface area contributed by atoms with E-state index in [1.165, 1.54) is 11.8 Å². The average molecular weight is 653 g/mol. The highest BCUT2D eigenvalue weighted by atomic mass is 32.2. The molecule has 242 valence electrons. The molecule has 4 N–H and O–H groups in total. The minimum absolute atomic E-state index is 0.0238. The number of carbonyl (C=O) groups excluding carboxylic acids is 1. The van der Waals surface area contributed by atoms with Crippen molar-refractivity contribution in [3.05, 3.63) is 119 Å². The zero-order valence-electron chi connectivity index (χ0n) is 25.8. The summed E-state index contributed by atoms with van der Waals surface area (Å²) in [5.74, 6) is 0.745. The second-order valence-corrected chi connectivity index (χ2v) is 12.0. The monoisotopic (exact) mass is 652 g/mol. The van der Waals surface area contributed by atoms with Crippen molar-refractivity contribution in [3.8, 4) is 22.6 Å². The van der Waals surface area contributed by atoms with Crippen molar-refractivity contribution in [2.24, 2.45) is 0 Å². The Morgan fingerprint density at radius 1 is 0.936 bits per heavy atom. The first-order valence-corrected chi connectivity index (χ1v) is 16.4. The van der Waals surface area contributed by atoms with Crippen LogP contribution in [0.15, 0.2) is 102 Å². The second kappa shape index (κ2) is 15.2. The maximum absolute atomic E-state index is 12.0. The number of amides is 2. The lowest BCUT2D eigenvalue weighted by Gasteiger charge is -2.36. The number of benzene rings is 4. The highest BCUT2D eigenvalue weighted by molar-refractivity contribution is 7.99. The summed E-state index contributed by atoms with van der Waals surface area (Å²) in [7, 11) is 0. The van der Waals surface area contributed by atoms with Gasteiger partial charge in [0.2, 0.25) is 5.16 Å². The number of carbonyl (C=O) groups is 1. The van der Waals surface area contributed by atoms with Crippen molar-refractivity contribution in [1.29, 1.82) is 0 Å². The Morgan fingerprint density at radius 3 is 2.43 bits per heavy atom. The summed E-state index contributed by atoms with van der Waals surface area (Å²) in [6.45, 7) is 2.83. The van der Waals surface area contributed by atoms with Crippen LogP contribution in [0.25, 0.3) is 16.8 Å². The highest BCUT2D eigenvalue weighted by Gasteiger charge is 2.32. The largest absolute Gasteiger partial charge is 0.508 e. The summed E-state index contributed by atoms with van der Waals surface area (Å²) in [5, 5.41) is 37.7. The molecule has 1 fully saturated rings. The molecule has 1 aliphatic rings. The first-order chi connectivity index (χ1) is 23.0. The van der Waals surface area contributed by atoms with Gasteiger partial charge in [-0.1, -0.05) is 84.6 Å². The van der Waals surface area contributed by atoms with Crippen LogP contribution in [-0.4, -0.2) is 54.9 Å². The fraction of sp³-hybridized carbons (Fsp3) is 0.257. The van der Waals surface area contributed by atoms with Crippen molar-refractivity contribution in [3.63, 3.8) is 0 Å². The molecule has 2 amide bonds. The van der Waals surface area contributed by atoms with Gasteiger partial charge < -0.3 is 30.3 Å². The predicted octanol–water partition coefficient (Wildman–Crippen LogP) is 5.68. The topological polar surface area (TPSA) is 144 Å². The summed E-state index contributed by atoms with van der Waals surface area (Å²) >= 11 is 1.49. The molecular formula is C35H36N6O5S. The van der Waals surface area contributed by atoms with E-state index in [4.69, 9.17) is 9.47 Å². The third-order valence-corrected chi connectivity index (χ3v) is 8.89. The summed E-state index contributed by atoms with van der Waals surface area (Å²) in [5.41, 5.74) is 6.52. The van der Waals surface area contributed by atoms with Crippen LogP contribution >= 0.6 is 11.8 Å². The predicted molar refractivity (Wildman–Crippen MR) is 178 cm³/mol. The van der Waals surface area contributed by atoms with Gasteiger partial charge in [-0.25, -0.2) is 4.79 Å². The van der Waals surface area contributed by atoms with Crippen molar-refractivity contribution in [1.82, 2.24) is 30.8 Å². The lowest BCUT2D eigenvalue weighted by Crippen LogP contribution is -2.34. The highest BCUT2D eigenvalue weighted by Crippen LogP contribution is 2.40. The van der Waals surface area contributed by atoms with Crippen molar-refractivity contribution >= 4 is 17.8 Å². The van der Waals surface area contributed by atoms with Crippen LogP contribution in [0.5, 0.6) is 5.75 Å². The number of aromatic nitrogens is 4. The number of urea groups is 1. The number of nitrogens with one attached hydrogen (secondary N) is 2. The van der Waals surface area contributed by atoms with Crippen LogP contribution in [0.4, 0.5) is 4.79 Å². The van der Waals surface area contributed by atoms with Crippen molar-refractivity contribution < 1.29 is 24.5 Å². The standard InChI is InChI=1S/C35H36N6O5S/c1-2-36-34(44)37-20-27-5-3-4-6-31(27)24-11-13-26(14-12-24)33-45-30(19-32(46-33)25-9-7-23(21-42)8-10-25)22-47-35-38-39-40-41(35)28-15-17-29(43)18-16-28/h3-18,30,32-33,42-43H,2,19-22H2,1H3,(H2,36,37,44). The SMILES string of the molecule is CCNC(=O)NCc1ccccc1-c1ccc(C2OC(CSc3nnnn3-c3ccc(O)cc3)CC(c3ccc(CO)cc3)O2)cc1. The Balaban J connectivity index is 1.20. The quantitative estimate of drug-likeness (QED) is 0.132. The number of ether oxygens (including phenoxy) is 2. The molecule has 11 nitrogen and oxygen atoms in total. The Hall–Kier alpha value is -4.75. The van der Waals surface area contributed by atoms with E-state index in [1.807, 2.05) is 79.7 Å². The van der Waals surface area contributed by atoms with E-state index in [0.29, 0.717) is 30.4 Å². The molecule has 1 aromatic heterocycles. The fourth-order valence-electron chi connectivity index (χ4n) is 5.39. The first kappa shape index (κ1) is 32.2. The molecule has 0 spiro atoms. The van der Waals surface area contributed by atoms with E-state index >= 15 is 0 Å². The lowest BCUT2D eigenvalue weighted by atomic mass is 9.98. The number of aliphatic hydroxyl groups is 1. The zero-order valence-corrected chi connectivity index (χ0v) is 26.6. The smallest absolute Gasteiger partial charge is 0.315 e. The lowest BCUT2D eigenvalue weighted by molar-refractivity contribution is -0.245. The summed E-state index contributed by atoms with van der Waals surface area (Å²) in [6, 6.07) is 30.4. The molecule has 1 saturated heterocycles. The van der Waals surface area contributed by atoms with Gasteiger partial charge in [-0.3, -0.25) is 0 Å². The number of aliphatic hydroxyl groups excluding tert-OH is 1. The van der Waals surface area contributed by atoms with Crippen LogP contribution < -0.4 is 10.6 Å². The van der Waals surface area contributed by atoms with Gasteiger partial charge >= 0.3 is 6.03 Å². The van der Waals surface area contributed by atoms with Gasteiger partial charge in [0, 0.05) is 30.8 Å². The molecule has 0 bridgehead atoms. The van der Waals surface area contributed by atoms with E-state index in [1.54, 1.807) is 28.9 Å². The van der Waals surface area contributed by atoms with Crippen molar-refractivity contribution in [2.45, 2.75) is 50.2 Å². The van der Waals surface area contributed by atoms with E-state index in [9.17, 15) is 15.0 Å². The number of phenolic OH excluding ortho intramolecular Hbond substituents is 1. The fourth-order valence-corrected chi connectivity index (χ4v) is 6.30. The van der Waals surface area contributed by atoms with Gasteiger partial charge in [0.15, 0.2) is 6.29 Å². The van der Waals surface area contributed by atoms with Crippen LogP contribution in [0, 0.1) is 0 Å². The van der Waals surface area contributed by atoms with E-state index in [0.717, 1.165) is 39.1 Å². The van der Waals surface area contributed by atoms with E-state index in [-0.39, 0.29) is 30.6 Å². The summed E-state index contributed by atoms with van der Waals surface area (Å²) in [4.78, 5) is 12.0. The molecule has 6 rings (SSSR count). The number of nitrogens with zero attached hydrogens (tertiary/aromatic N) is 4. The third kappa shape index (κ3) is 7.98. The molecule has 3 atom stereocenters. The summed E-state index contributed by atoms with van der Waals surface area (Å²) < 4.78 is 14.7. The Bertz CT molecular complexity index is 1770. The number of hydrogen-bond acceptors (Lipinski definition) is 9. The van der Waals surface area contributed by atoms with Gasteiger partial charge in [0.05, 0.1) is 24.5 Å². The number of phenols is 1. The van der Waals surface area contributed by atoms with Gasteiger partial charge in [-0.15, -0.1) is 5.10 Å². The minimum Gasteiger partial charge on any atom is -0.508 e. The Kier molecular flexibility index (Phi) is 10.4. The maximum atomic E-state index is 12.0. The molecule has 4 aromatic carbocycles. The molecule has 0 aliphatic carbocycles. The zero-order chi connectivity index (χ0) is 32.6. The molecule has 3 unspecified atom stereocenters. The van der Waals surface area contributed by atoms with Gasteiger partial charge in [0.1, 0.15) is 5.75 Å². The third-order valence-electron chi connectivity index (χ3n) is 7.84. The maximum Gasteiger partial charge on any atom is 0.315 e. The van der Waals surface area contributed by atoms with Gasteiger partial charge in [-0.05, 0) is 69.4 Å². The molecule has 47 heavy (non-hydrogen) atoms. The molecule has 0 saturated carbocycles. The van der Waals surface area contributed by atoms with Crippen LogP contribution in [-0.2, 0) is 22.6 Å². The molecule has 2 heterocycles. The normalized spacial score (nSPS) is 17.7. The molecule has 0 radical (unpaired) electrons. The minimum atomic E-state index is -0.617. The van der Waals surface area contributed by atoms with E-state index in [2.05, 4.69) is 26.2 Å². The number of hydrogen-bond donors (Lipinski definition) is 4. The number of thioether (sulfide) groups is 1. The molecular weight excluding hydrogens is 616 g/mol. The van der Waals surface area contributed by atoms with Gasteiger partial charge in [-0.2, -0.15) is 4.68 Å². The van der Waals surface area contributed by atoms with Crippen molar-refractivity contribution in [2.75, 3.05) is 12.3 Å². The van der Waals surface area contributed by atoms with Crippen LogP contribution in [0.3, 0.4) is 0 Å². The molecule has 1 aliphatic heterocycles. The summed E-state index contributed by atoms with van der Waals surface area (Å²) in [6.07, 6.45) is -0.422. The van der Waals surface area contributed by atoms with Crippen LogP contribution in [0.1, 0.15) is 48.0 Å². The van der Waals surface area contributed by atoms with E-state index < -0.39 is 6.29 Å². The number of rotatable bonds is 11. The Labute approximate surface area is 276 Å².